The summed E-state index contributed by atoms with van der Waals surface area (Å²) in [6.07, 6.45) is 4.01. The van der Waals surface area contributed by atoms with Gasteiger partial charge in [0, 0.05) is 26.2 Å². The highest BCUT2D eigenvalue weighted by molar-refractivity contribution is 5.76. The summed E-state index contributed by atoms with van der Waals surface area (Å²) in [6, 6.07) is 0. The van der Waals surface area contributed by atoms with E-state index < -0.39 is 0 Å². The first-order valence-corrected chi connectivity index (χ1v) is 5.17. The predicted molar refractivity (Wildman–Crippen MR) is 51.5 cm³/mol. The van der Waals surface area contributed by atoms with Crippen molar-refractivity contribution in [2.75, 3.05) is 19.8 Å². The molecule has 0 aromatic heterocycles. The minimum atomic E-state index is 0.176. The Morgan fingerprint density at radius 1 is 1.62 bits per heavy atom. The van der Waals surface area contributed by atoms with Crippen LogP contribution >= 0.6 is 0 Å². The van der Waals surface area contributed by atoms with Gasteiger partial charge in [-0.2, -0.15) is 0 Å². The zero-order chi connectivity index (χ0) is 9.52. The summed E-state index contributed by atoms with van der Waals surface area (Å²) in [6.45, 7) is 4.57. The lowest BCUT2D eigenvalue weighted by atomic mass is 9.99. The molecule has 3 heteroatoms. The van der Waals surface area contributed by atoms with E-state index in [9.17, 15) is 4.79 Å². The first kappa shape index (κ1) is 10.5. The van der Waals surface area contributed by atoms with Gasteiger partial charge in [0.05, 0.1) is 0 Å². The second kappa shape index (κ2) is 5.97. The van der Waals surface area contributed by atoms with Gasteiger partial charge >= 0.3 is 0 Å². The molecule has 1 atom stereocenters. The number of hydrogen-bond donors (Lipinski definition) is 1. The molecule has 1 N–H and O–H groups in total. The molecule has 13 heavy (non-hydrogen) atoms. The standard InChI is InChI=1S/C10H19NO2/c1-2-3-6-13-8-9-4-5-11-10(12)7-9/h9H,2-8H2,1H3,(H,11,12)/t9-/m0/s1. The average molecular weight is 185 g/mol. The van der Waals surface area contributed by atoms with Crippen LogP contribution < -0.4 is 5.32 Å². The maximum Gasteiger partial charge on any atom is 0.220 e. The van der Waals surface area contributed by atoms with E-state index in [2.05, 4.69) is 12.2 Å². The monoisotopic (exact) mass is 185 g/mol. The number of ether oxygens (including phenoxy) is 1. The van der Waals surface area contributed by atoms with Crippen LogP contribution in [0.15, 0.2) is 0 Å². The molecule has 1 rings (SSSR count). The zero-order valence-electron chi connectivity index (χ0n) is 8.34. The van der Waals surface area contributed by atoms with Gasteiger partial charge in [-0.05, 0) is 18.8 Å². The summed E-state index contributed by atoms with van der Waals surface area (Å²) in [4.78, 5) is 11.0. The molecule has 3 nitrogen and oxygen atoms in total. The Kier molecular flexibility index (Phi) is 4.83. The van der Waals surface area contributed by atoms with Gasteiger partial charge in [-0.15, -0.1) is 0 Å². The fraction of sp³-hybridized carbons (Fsp3) is 0.900. The molecular formula is C10H19NO2. The molecule has 1 saturated heterocycles. The van der Waals surface area contributed by atoms with Crippen LogP contribution in [0.4, 0.5) is 0 Å². The Bertz CT molecular complexity index is 159. The lowest BCUT2D eigenvalue weighted by molar-refractivity contribution is -0.124. The summed E-state index contributed by atoms with van der Waals surface area (Å²) in [7, 11) is 0. The van der Waals surface area contributed by atoms with Crippen molar-refractivity contribution in [3.63, 3.8) is 0 Å². The van der Waals surface area contributed by atoms with Crippen molar-refractivity contribution in [2.45, 2.75) is 32.6 Å². The van der Waals surface area contributed by atoms with Crippen molar-refractivity contribution < 1.29 is 9.53 Å². The molecule has 0 spiro atoms. The summed E-state index contributed by atoms with van der Waals surface area (Å²) in [5.74, 6) is 0.626. The van der Waals surface area contributed by atoms with E-state index >= 15 is 0 Å². The minimum Gasteiger partial charge on any atom is -0.381 e. The topological polar surface area (TPSA) is 38.3 Å². The molecule has 76 valence electrons. The van der Waals surface area contributed by atoms with Crippen molar-refractivity contribution in [2.24, 2.45) is 5.92 Å². The van der Waals surface area contributed by atoms with Crippen LogP contribution in [0.25, 0.3) is 0 Å². The normalized spacial score (nSPS) is 22.8. The second-order valence-electron chi connectivity index (χ2n) is 3.64. The highest BCUT2D eigenvalue weighted by atomic mass is 16.5. The first-order valence-electron chi connectivity index (χ1n) is 5.17. The SMILES string of the molecule is CCCCOC[C@H]1CCNC(=O)C1. The Labute approximate surface area is 79.8 Å². The third-order valence-electron chi connectivity index (χ3n) is 2.34. The Morgan fingerprint density at radius 2 is 2.46 bits per heavy atom. The minimum absolute atomic E-state index is 0.176. The lowest BCUT2D eigenvalue weighted by Gasteiger charge is -2.21. The molecule has 0 aromatic carbocycles. The fourth-order valence-corrected chi connectivity index (χ4v) is 1.49. The molecule has 0 radical (unpaired) electrons. The highest BCUT2D eigenvalue weighted by Crippen LogP contribution is 2.12. The van der Waals surface area contributed by atoms with Crippen LogP contribution in [0.1, 0.15) is 32.6 Å². The Morgan fingerprint density at radius 3 is 3.15 bits per heavy atom. The van der Waals surface area contributed by atoms with Gasteiger partial charge in [-0.25, -0.2) is 0 Å². The third-order valence-corrected chi connectivity index (χ3v) is 2.34. The third kappa shape index (κ3) is 4.27. The van der Waals surface area contributed by atoms with Gasteiger partial charge in [-0.3, -0.25) is 4.79 Å². The second-order valence-corrected chi connectivity index (χ2v) is 3.64. The molecule has 0 bridgehead atoms. The quantitative estimate of drug-likeness (QED) is 0.656. The van der Waals surface area contributed by atoms with E-state index in [4.69, 9.17) is 4.74 Å². The number of carbonyl (C=O) groups is 1. The van der Waals surface area contributed by atoms with Crippen molar-refractivity contribution in [1.29, 1.82) is 0 Å². The lowest BCUT2D eigenvalue weighted by Crippen LogP contribution is -2.35. The number of rotatable bonds is 5. The van der Waals surface area contributed by atoms with Crippen LogP contribution in [0.5, 0.6) is 0 Å². The molecule has 1 amide bonds. The average Bonchev–Trinajstić information content (AvgIpc) is 2.13. The van der Waals surface area contributed by atoms with Gasteiger partial charge in [0.15, 0.2) is 0 Å². The van der Waals surface area contributed by atoms with Crippen LogP contribution in [-0.4, -0.2) is 25.7 Å². The Balaban J connectivity index is 2.03. The van der Waals surface area contributed by atoms with E-state index in [1.54, 1.807) is 0 Å². The van der Waals surface area contributed by atoms with Crippen LogP contribution in [0, 0.1) is 5.92 Å². The van der Waals surface area contributed by atoms with Gasteiger partial charge < -0.3 is 10.1 Å². The maximum absolute atomic E-state index is 11.0. The van der Waals surface area contributed by atoms with Gasteiger partial charge in [0.1, 0.15) is 0 Å². The van der Waals surface area contributed by atoms with E-state index in [0.717, 1.165) is 32.6 Å². The maximum atomic E-state index is 11.0. The van der Waals surface area contributed by atoms with Crippen molar-refractivity contribution >= 4 is 5.91 Å². The number of amides is 1. The summed E-state index contributed by atoms with van der Waals surface area (Å²) < 4.78 is 5.48. The first-order chi connectivity index (χ1) is 6.33. The molecular weight excluding hydrogens is 166 g/mol. The van der Waals surface area contributed by atoms with Crippen LogP contribution in [0.3, 0.4) is 0 Å². The van der Waals surface area contributed by atoms with Crippen molar-refractivity contribution in [1.82, 2.24) is 5.32 Å². The molecule has 0 aromatic rings. The molecule has 1 aliphatic heterocycles. The van der Waals surface area contributed by atoms with Gasteiger partial charge in [0.2, 0.25) is 5.91 Å². The van der Waals surface area contributed by atoms with E-state index in [-0.39, 0.29) is 5.91 Å². The highest BCUT2D eigenvalue weighted by Gasteiger charge is 2.18. The van der Waals surface area contributed by atoms with Crippen molar-refractivity contribution in [3.05, 3.63) is 0 Å². The number of carbonyl (C=O) groups excluding carboxylic acids is 1. The molecule has 0 unspecified atom stereocenters. The number of nitrogens with one attached hydrogen (secondary N) is 1. The van der Waals surface area contributed by atoms with Crippen molar-refractivity contribution in [3.8, 4) is 0 Å². The summed E-state index contributed by atoms with van der Waals surface area (Å²) in [5.41, 5.74) is 0. The molecule has 0 saturated carbocycles. The number of unbranched alkanes of at least 4 members (excludes halogenated alkanes) is 1. The van der Waals surface area contributed by atoms with Gasteiger partial charge in [0.25, 0.3) is 0 Å². The zero-order valence-corrected chi connectivity index (χ0v) is 8.34. The van der Waals surface area contributed by atoms with Crippen LogP contribution in [-0.2, 0) is 9.53 Å². The van der Waals surface area contributed by atoms with Crippen LogP contribution in [0.2, 0.25) is 0 Å². The van der Waals surface area contributed by atoms with E-state index in [0.29, 0.717) is 12.3 Å². The number of hydrogen-bond acceptors (Lipinski definition) is 2. The predicted octanol–water partition coefficient (Wildman–Crippen LogP) is 1.33. The van der Waals surface area contributed by atoms with Gasteiger partial charge in [-0.1, -0.05) is 13.3 Å². The molecule has 0 aliphatic carbocycles. The summed E-state index contributed by atoms with van der Waals surface area (Å²) >= 11 is 0. The Hall–Kier alpha value is -0.570. The smallest absolute Gasteiger partial charge is 0.220 e. The fourth-order valence-electron chi connectivity index (χ4n) is 1.49. The number of piperidine rings is 1. The largest absolute Gasteiger partial charge is 0.381 e. The van der Waals surface area contributed by atoms with E-state index in [1.807, 2.05) is 0 Å². The molecule has 1 aliphatic rings. The summed E-state index contributed by atoms with van der Waals surface area (Å²) in [5, 5.41) is 2.82. The molecule has 1 fully saturated rings. The van der Waals surface area contributed by atoms with E-state index in [1.165, 1.54) is 6.42 Å². The molecule has 1 heterocycles.